The summed E-state index contributed by atoms with van der Waals surface area (Å²) < 4.78 is 11.4. The lowest BCUT2D eigenvalue weighted by Crippen LogP contribution is -2.36. The predicted molar refractivity (Wildman–Crippen MR) is 102 cm³/mol. The number of ketones is 1. The highest BCUT2D eigenvalue weighted by Crippen LogP contribution is 2.45. The maximum absolute atomic E-state index is 12.8. The van der Waals surface area contributed by atoms with Gasteiger partial charge in [-0.2, -0.15) is 5.26 Å². The number of benzene rings is 1. The first kappa shape index (κ1) is 18.8. The van der Waals surface area contributed by atoms with Gasteiger partial charge in [-0.15, -0.1) is 0 Å². The second-order valence-electron chi connectivity index (χ2n) is 6.61. The van der Waals surface area contributed by atoms with Crippen molar-refractivity contribution in [1.29, 1.82) is 5.26 Å². The third-order valence-corrected chi connectivity index (χ3v) is 5.07. The Kier molecular flexibility index (Phi) is 5.41. The molecule has 0 bridgehead atoms. The second kappa shape index (κ2) is 7.75. The van der Waals surface area contributed by atoms with Gasteiger partial charge in [0.05, 0.1) is 30.8 Å². The van der Waals surface area contributed by atoms with Gasteiger partial charge in [0.25, 0.3) is 0 Å². The van der Waals surface area contributed by atoms with Gasteiger partial charge in [0.15, 0.2) is 17.3 Å². The van der Waals surface area contributed by atoms with E-state index in [1.165, 1.54) is 0 Å². The highest BCUT2D eigenvalue weighted by molar-refractivity contribution is 5.99. The van der Waals surface area contributed by atoms with Crippen LogP contribution >= 0.6 is 0 Å². The molecule has 1 aromatic carbocycles. The fourth-order valence-corrected chi connectivity index (χ4v) is 3.84. The van der Waals surface area contributed by atoms with Gasteiger partial charge >= 0.3 is 0 Å². The molecule has 0 aromatic heterocycles. The Balaban J connectivity index is 2.17. The number of ether oxygens (including phenoxy) is 2. The van der Waals surface area contributed by atoms with Crippen LogP contribution in [0.25, 0.3) is 0 Å². The van der Waals surface area contributed by atoms with E-state index in [1.807, 2.05) is 39.1 Å². The molecule has 0 fully saturated rings. The number of nitriles is 1. The van der Waals surface area contributed by atoms with Gasteiger partial charge in [-0.05, 0) is 44.4 Å². The molecule has 0 saturated carbocycles. The molecular formula is C21H25N3O3. The van der Waals surface area contributed by atoms with E-state index in [0.717, 1.165) is 24.1 Å². The molecule has 0 amide bonds. The number of hydrogen-bond donors (Lipinski definition) is 1. The first-order valence-corrected chi connectivity index (χ1v) is 9.32. The minimum atomic E-state index is -0.469. The van der Waals surface area contributed by atoms with E-state index in [1.54, 1.807) is 4.90 Å². The summed E-state index contributed by atoms with van der Waals surface area (Å²) >= 11 is 0. The summed E-state index contributed by atoms with van der Waals surface area (Å²) in [4.78, 5) is 14.6. The van der Waals surface area contributed by atoms with Crippen LogP contribution in [0.3, 0.4) is 0 Å². The van der Waals surface area contributed by atoms with Crippen LogP contribution in [-0.2, 0) is 4.79 Å². The van der Waals surface area contributed by atoms with Crippen LogP contribution in [0.4, 0.5) is 0 Å². The summed E-state index contributed by atoms with van der Waals surface area (Å²) in [5.41, 5.74) is 9.08. The van der Waals surface area contributed by atoms with Crippen LogP contribution in [-0.4, -0.2) is 30.9 Å². The molecule has 3 rings (SSSR count). The van der Waals surface area contributed by atoms with Crippen molar-refractivity contribution in [3.8, 4) is 17.6 Å². The first-order valence-electron chi connectivity index (χ1n) is 9.32. The topological polar surface area (TPSA) is 88.6 Å². The Labute approximate surface area is 159 Å². The molecular weight excluding hydrogens is 342 g/mol. The molecule has 1 aliphatic carbocycles. The summed E-state index contributed by atoms with van der Waals surface area (Å²) in [5, 5.41) is 9.79. The summed E-state index contributed by atoms with van der Waals surface area (Å²) in [6, 6.07) is 7.82. The van der Waals surface area contributed by atoms with Crippen molar-refractivity contribution < 1.29 is 14.3 Å². The van der Waals surface area contributed by atoms with Gasteiger partial charge in [-0.1, -0.05) is 6.07 Å². The Morgan fingerprint density at radius 2 is 1.93 bits per heavy atom. The van der Waals surface area contributed by atoms with Gasteiger partial charge in [-0.3, -0.25) is 4.79 Å². The van der Waals surface area contributed by atoms with E-state index in [9.17, 15) is 10.1 Å². The molecule has 0 unspecified atom stereocenters. The molecule has 2 aliphatic rings. The Hall–Kier alpha value is -2.94. The molecule has 0 saturated heterocycles. The molecule has 1 heterocycles. The zero-order chi connectivity index (χ0) is 19.6. The number of nitrogens with zero attached hydrogens (tertiary/aromatic N) is 2. The largest absolute Gasteiger partial charge is 0.490 e. The molecule has 2 N–H and O–H groups in total. The molecule has 6 heteroatoms. The Morgan fingerprint density at radius 1 is 1.22 bits per heavy atom. The van der Waals surface area contributed by atoms with Crippen molar-refractivity contribution in [2.75, 3.05) is 20.3 Å². The van der Waals surface area contributed by atoms with Crippen molar-refractivity contribution in [3.05, 3.63) is 46.4 Å². The van der Waals surface area contributed by atoms with Gasteiger partial charge in [0.1, 0.15) is 5.82 Å². The maximum Gasteiger partial charge on any atom is 0.161 e. The summed E-state index contributed by atoms with van der Waals surface area (Å²) in [6.45, 7) is 4.84. The summed E-state index contributed by atoms with van der Waals surface area (Å²) in [5.74, 6) is 1.28. The number of carbonyl (C=O) groups excluding carboxylic acids is 1. The minimum absolute atomic E-state index is 0.0835. The van der Waals surface area contributed by atoms with Crippen LogP contribution in [0.15, 0.2) is 40.9 Å². The van der Waals surface area contributed by atoms with E-state index in [-0.39, 0.29) is 5.78 Å². The molecule has 1 aromatic rings. The smallest absolute Gasteiger partial charge is 0.161 e. The summed E-state index contributed by atoms with van der Waals surface area (Å²) in [6.07, 6.45) is 2.08. The number of hydrogen-bond acceptors (Lipinski definition) is 6. The third kappa shape index (κ3) is 3.25. The predicted octanol–water partition coefficient (Wildman–Crippen LogP) is 3.21. The zero-order valence-electron chi connectivity index (χ0n) is 16.0. The molecule has 1 atom stereocenters. The third-order valence-electron chi connectivity index (χ3n) is 5.07. The zero-order valence-corrected chi connectivity index (χ0v) is 16.0. The van der Waals surface area contributed by atoms with E-state index in [4.69, 9.17) is 15.2 Å². The molecule has 142 valence electrons. The fraction of sp³-hybridized carbons (Fsp3) is 0.429. The van der Waals surface area contributed by atoms with Crippen LogP contribution in [0.2, 0.25) is 0 Å². The standard InChI is InChI=1S/C21H25N3O3/c1-4-26-17-10-9-13(11-18(17)27-5-2)19-14(12-22)21(23)24(3)15-7-6-8-16(25)20(15)19/h9-11,19H,4-8,23H2,1-3H3/t19-/m1/s1. The number of allylic oxidation sites excluding steroid dienone is 3. The van der Waals surface area contributed by atoms with Crippen molar-refractivity contribution >= 4 is 5.78 Å². The lowest BCUT2D eigenvalue weighted by molar-refractivity contribution is -0.116. The van der Waals surface area contributed by atoms with Crippen LogP contribution in [0.5, 0.6) is 11.5 Å². The van der Waals surface area contributed by atoms with Gasteiger partial charge in [0, 0.05) is 24.7 Å². The second-order valence-corrected chi connectivity index (χ2v) is 6.61. The lowest BCUT2D eigenvalue weighted by atomic mass is 9.76. The molecule has 27 heavy (non-hydrogen) atoms. The fourth-order valence-electron chi connectivity index (χ4n) is 3.84. The lowest BCUT2D eigenvalue weighted by Gasteiger charge is -2.37. The van der Waals surface area contributed by atoms with E-state index in [0.29, 0.717) is 48.1 Å². The molecule has 1 aliphatic heterocycles. The Morgan fingerprint density at radius 3 is 2.59 bits per heavy atom. The number of nitrogens with two attached hydrogens (primary N) is 1. The van der Waals surface area contributed by atoms with Crippen molar-refractivity contribution in [2.45, 2.75) is 39.0 Å². The quantitative estimate of drug-likeness (QED) is 0.860. The van der Waals surface area contributed by atoms with Gasteiger partial charge < -0.3 is 20.1 Å². The van der Waals surface area contributed by atoms with E-state index < -0.39 is 5.92 Å². The normalized spacial score (nSPS) is 19.7. The van der Waals surface area contributed by atoms with Crippen LogP contribution < -0.4 is 15.2 Å². The molecule has 0 spiro atoms. The monoisotopic (exact) mass is 367 g/mol. The average Bonchev–Trinajstić information content (AvgIpc) is 2.66. The maximum atomic E-state index is 12.8. The number of rotatable bonds is 5. The summed E-state index contributed by atoms with van der Waals surface area (Å²) in [7, 11) is 1.82. The van der Waals surface area contributed by atoms with Gasteiger partial charge in [-0.25, -0.2) is 0 Å². The number of Topliss-reactive ketones (excluding diaryl/α,β-unsaturated/α-hetero) is 1. The first-order chi connectivity index (χ1) is 13.0. The van der Waals surface area contributed by atoms with Crippen molar-refractivity contribution in [3.63, 3.8) is 0 Å². The highest BCUT2D eigenvalue weighted by atomic mass is 16.5. The van der Waals surface area contributed by atoms with Crippen LogP contribution in [0, 0.1) is 11.3 Å². The minimum Gasteiger partial charge on any atom is -0.490 e. The number of carbonyl (C=O) groups is 1. The van der Waals surface area contributed by atoms with Gasteiger partial charge in [0.2, 0.25) is 0 Å². The highest BCUT2D eigenvalue weighted by Gasteiger charge is 2.38. The van der Waals surface area contributed by atoms with Crippen molar-refractivity contribution in [1.82, 2.24) is 4.90 Å². The molecule has 6 nitrogen and oxygen atoms in total. The SMILES string of the molecule is CCOc1ccc([C@@H]2C(C#N)=C(N)N(C)C3=C2C(=O)CCC3)cc1OCC. The van der Waals surface area contributed by atoms with Crippen molar-refractivity contribution in [2.24, 2.45) is 5.73 Å². The van der Waals surface area contributed by atoms with E-state index >= 15 is 0 Å². The average molecular weight is 367 g/mol. The van der Waals surface area contributed by atoms with Crippen LogP contribution in [0.1, 0.15) is 44.6 Å². The van der Waals surface area contributed by atoms with E-state index in [2.05, 4.69) is 6.07 Å². The molecule has 0 radical (unpaired) electrons. The Bertz CT molecular complexity index is 864.